The maximum absolute atomic E-state index is 13.5. The molecule has 1 unspecified atom stereocenters. The van der Waals surface area contributed by atoms with Crippen LogP contribution in [0.25, 0.3) is 0 Å². The average molecular weight is 553 g/mol. The van der Waals surface area contributed by atoms with Gasteiger partial charge in [-0.1, -0.05) is 56.2 Å². The number of hydrogen-bond acceptors (Lipinski definition) is 6. The molecule has 1 aliphatic heterocycles. The molecule has 0 aliphatic carbocycles. The summed E-state index contributed by atoms with van der Waals surface area (Å²) in [5, 5.41) is 3.20. The fourth-order valence-corrected chi connectivity index (χ4v) is 5.35. The Morgan fingerprint density at radius 3 is 2.54 bits per heavy atom. The number of aryl methyl sites for hydroxylation is 1. The molecule has 1 N–H and O–H groups in total. The summed E-state index contributed by atoms with van der Waals surface area (Å²) in [5.41, 5.74) is 6.51. The minimum atomic E-state index is -0.391. The number of rotatable bonds is 10. The molecule has 41 heavy (non-hydrogen) atoms. The molecule has 0 bridgehead atoms. The summed E-state index contributed by atoms with van der Waals surface area (Å²) in [5.74, 6) is 0.446. The zero-order valence-electron chi connectivity index (χ0n) is 24.0. The Morgan fingerprint density at radius 1 is 1.02 bits per heavy atom. The number of nitrogens with zero attached hydrogens (tertiary/aromatic N) is 3. The van der Waals surface area contributed by atoms with Gasteiger partial charge in [0.2, 0.25) is 5.95 Å². The van der Waals surface area contributed by atoms with Gasteiger partial charge < -0.3 is 15.0 Å². The van der Waals surface area contributed by atoms with Crippen molar-refractivity contribution in [2.75, 3.05) is 16.8 Å². The van der Waals surface area contributed by atoms with E-state index in [1.165, 1.54) is 41.7 Å². The molecule has 1 aliphatic rings. The highest BCUT2D eigenvalue weighted by molar-refractivity contribution is 5.89. The van der Waals surface area contributed by atoms with Gasteiger partial charge in [0.25, 0.3) is 0 Å². The van der Waals surface area contributed by atoms with Crippen molar-refractivity contribution in [1.82, 2.24) is 9.97 Å². The van der Waals surface area contributed by atoms with Crippen LogP contribution in [-0.4, -0.2) is 22.5 Å². The summed E-state index contributed by atoms with van der Waals surface area (Å²) in [6.45, 7) is 7.15. The van der Waals surface area contributed by atoms with E-state index < -0.39 is 5.97 Å². The zero-order valence-corrected chi connectivity index (χ0v) is 24.0. The highest BCUT2D eigenvalue weighted by Crippen LogP contribution is 2.35. The van der Waals surface area contributed by atoms with Crippen molar-refractivity contribution in [3.05, 3.63) is 112 Å². The van der Waals surface area contributed by atoms with Crippen molar-refractivity contribution >= 4 is 23.4 Å². The van der Waals surface area contributed by atoms with Crippen LogP contribution in [0.2, 0.25) is 0 Å². The number of benzene rings is 3. The zero-order chi connectivity index (χ0) is 28.8. The van der Waals surface area contributed by atoms with Gasteiger partial charge in [0.15, 0.2) is 0 Å². The molecule has 0 amide bonds. The highest BCUT2D eigenvalue weighted by Gasteiger charge is 2.27. The van der Waals surface area contributed by atoms with E-state index in [2.05, 4.69) is 48.3 Å². The van der Waals surface area contributed by atoms with Crippen LogP contribution in [0.1, 0.15) is 77.5 Å². The molecule has 212 valence electrons. The summed E-state index contributed by atoms with van der Waals surface area (Å²) in [4.78, 5) is 24.8. The van der Waals surface area contributed by atoms with Crippen LogP contribution in [0.3, 0.4) is 0 Å². The van der Waals surface area contributed by atoms with Gasteiger partial charge in [-0.2, -0.15) is 4.98 Å². The van der Waals surface area contributed by atoms with Crippen molar-refractivity contribution < 1.29 is 13.9 Å². The number of anilines is 3. The topological polar surface area (TPSA) is 67.3 Å². The minimum absolute atomic E-state index is 0.00927. The molecule has 4 aromatic rings. The number of carbonyl (C=O) groups is 1. The number of unbranched alkanes of at least 4 members (excludes halogenated alkanes) is 2. The largest absolute Gasteiger partial charge is 0.456 e. The van der Waals surface area contributed by atoms with E-state index in [4.69, 9.17) is 14.7 Å². The van der Waals surface area contributed by atoms with E-state index in [0.717, 1.165) is 37.2 Å². The van der Waals surface area contributed by atoms with E-state index >= 15 is 0 Å². The molecule has 0 saturated carbocycles. The standard InChI is InChI=1S/C34H37FN4O2/c1-4-5-6-9-25-12-14-27(15-13-25)33(40)41-22-31-23(2)32(38-34(37-31)36-29-18-16-28(35)17-19-29)39-21-20-26-10-7-8-11-30(26)24(39)3/h7-8,10-19,24H,4-6,9,20-22H2,1-3H3,(H,36,37,38). The van der Waals surface area contributed by atoms with Crippen LogP contribution in [-0.2, 0) is 24.2 Å². The first-order valence-electron chi connectivity index (χ1n) is 14.4. The van der Waals surface area contributed by atoms with Gasteiger partial charge in [-0.15, -0.1) is 0 Å². The number of carbonyl (C=O) groups excluding carboxylic acids is 1. The van der Waals surface area contributed by atoms with Gasteiger partial charge in [-0.05, 0) is 86.2 Å². The number of hydrogen-bond donors (Lipinski definition) is 1. The Morgan fingerprint density at radius 2 is 1.78 bits per heavy atom. The Bertz CT molecular complexity index is 1490. The second-order valence-corrected chi connectivity index (χ2v) is 10.6. The molecular weight excluding hydrogens is 515 g/mol. The quantitative estimate of drug-likeness (QED) is 0.159. The SMILES string of the molecule is CCCCCc1ccc(C(=O)OCc2nc(Nc3ccc(F)cc3)nc(N3CCc4ccccc4C3C)c2C)cc1. The van der Waals surface area contributed by atoms with Crippen molar-refractivity contribution in [3.63, 3.8) is 0 Å². The lowest BCUT2D eigenvalue weighted by Gasteiger charge is -2.37. The van der Waals surface area contributed by atoms with Crippen LogP contribution in [0.5, 0.6) is 0 Å². The van der Waals surface area contributed by atoms with Crippen molar-refractivity contribution in [3.8, 4) is 0 Å². The fourth-order valence-electron chi connectivity index (χ4n) is 5.35. The maximum atomic E-state index is 13.5. The first kappa shape index (κ1) is 28.3. The normalized spacial score (nSPS) is 14.4. The lowest BCUT2D eigenvalue weighted by Crippen LogP contribution is -2.35. The Balaban J connectivity index is 1.39. The summed E-state index contributed by atoms with van der Waals surface area (Å²) < 4.78 is 19.3. The van der Waals surface area contributed by atoms with Gasteiger partial charge in [-0.3, -0.25) is 0 Å². The summed E-state index contributed by atoms with van der Waals surface area (Å²) in [6.07, 6.45) is 5.44. The summed E-state index contributed by atoms with van der Waals surface area (Å²) in [6, 6.07) is 22.3. The molecule has 6 nitrogen and oxygen atoms in total. The van der Waals surface area contributed by atoms with Gasteiger partial charge in [0, 0.05) is 17.8 Å². The number of aromatic nitrogens is 2. The predicted molar refractivity (Wildman–Crippen MR) is 161 cm³/mol. The lowest BCUT2D eigenvalue weighted by molar-refractivity contribution is 0.0467. The lowest BCUT2D eigenvalue weighted by atomic mass is 9.93. The van der Waals surface area contributed by atoms with E-state index in [0.29, 0.717) is 22.9 Å². The smallest absolute Gasteiger partial charge is 0.338 e. The Labute approximate surface area is 241 Å². The molecule has 3 aromatic carbocycles. The maximum Gasteiger partial charge on any atom is 0.338 e. The third kappa shape index (κ3) is 6.73. The number of esters is 1. The van der Waals surface area contributed by atoms with Gasteiger partial charge in [0.05, 0.1) is 17.3 Å². The number of halogens is 1. The third-order valence-corrected chi connectivity index (χ3v) is 7.79. The van der Waals surface area contributed by atoms with Crippen molar-refractivity contribution in [2.24, 2.45) is 0 Å². The number of fused-ring (bicyclic) bond motifs is 1. The minimum Gasteiger partial charge on any atom is -0.456 e. The molecule has 0 saturated heterocycles. The van der Waals surface area contributed by atoms with Crippen LogP contribution in [0.4, 0.5) is 21.8 Å². The first-order valence-corrected chi connectivity index (χ1v) is 14.4. The predicted octanol–water partition coefficient (Wildman–Crippen LogP) is 7.88. The average Bonchev–Trinajstić information content (AvgIpc) is 2.99. The van der Waals surface area contributed by atoms with Crippen molar-refractivity contribution in [2.45, 2.75) is 65.5 Å². The first-order chi connectivity index (χ1) is 19.9. The van der Waals surface area contributed by atoms with E-state index in [-0.39, 0.29) is 18.5 Å². The molecular formula is C34H37FN4O2. The van der Waals surface area contributed by atoms with E-state index in [1.807, 2.05) is 31.2 Å². The molecule has 0 fully saturated rings. The van der Waals surface area contributed by atoms with Crippen LogP contribution in [0.15, 0.2) is 72.8 Å². The van der Waals surface area contributed by atoms with Crippen molar-refractivity contribution in [1.29, 1.82) is 0 Å². The van der Waals surface area contributed by atoms with Crippen LogP contribution >= 0.6 is 0 Å². The molecule has 1 atom stereocenters. The van der Waals surface area contributed by atoms with E-state index in [1.54, 1.807) is 12.1 Å². The van der Waals surface area contributed by atoms with E-state index in [9.17, 15) is 9.18 Å². The second-order valence-electron chi connectivity index (χ2n) is 10.6. The van der Waals surface area contributed by atoms with Crippen LogP contribution < -0.4 is 10.2 Å². The Kier molecular flexibility index (Phi) is 8.92. The molecule has 2 heterocycles. The van der Waals surface area contributed by atoms with Gasteiger partial charge in [-0.25, -0.2) is 14.2 Å². The highest BCUT2D eigenvalue weighted by atomic mass is 19.1. The Hall–Kier alpha value is -4.26. The monoisotopic (exact) mass is 552 g/mol. The summed E-state index contributed by atoms with van der Waals surface area (Å²) >= 11 is 0. The third-order valence-electron chi connectivity index (χ3n) is 7.79. The number of nitrogens with one attached hydrogen (secondary N) is 1. The molecule has 0 radical (unpaired) electrons. The van der Waals surface area contributed by atoms with Crippen LogP contribution in [0, 0.1) is 12.7 Å². The van der Waals surface area contributed by atoms with Gasteiger partial charge >= 0.3 is 5.97 Å². The second kappa shape index (κ2) is 12.9. The molecule has 5 rings (SSSR count). The molecule has 0 spiro atoms. The summed E-state index contributed by atoms with van der Waals surface area (Å²) in [7, 11) is 0. The molecule has 7 heteroatoms. The number of ether oxygens (including phenoxy) is 1. The molecule has 1 aromatic heterocycles. The van der Waals surface area contributed by atoms with Gasteiger partial charge in [0.1, 0.15) is 18.2 Å². The fraction of sp³-hybridized carbons (Fsp3) is 0.324.